The van der Waals surface area contributed by atoms with Gasteiger partial charge >= 0.3 is 0 Å². The molecule has 1 unspecified atom stereocenters. The van der Waals surface area contributed by atoms with Crippen LogP contribution >= 0.6 is 0 Å². The van der Waals surface area contributed by atoms with Crippen molar-refractivity contribution in [2.45, 2.75) is 50.8 Å². The fraction of sp³-hybridized carbons (Fsp3) is 0.435. The molecule has 1 fully saturated rings. The Balaban J connectivity index is 1.56. The highest BCUT2D eigenvalue weighted by Gasteiger charge is 2.17. The summed E-state index contributed by atoms with van der Waals surface area (Å²) in [6, 6.07) is 8.46. The van der Waals surface area contributed by atoms with Crippen molar-refractivity contribution < 1.29 is 22.8 Å². The van der Waals surface area contributed by atoms with E-state index in [4.69, 9.17) is 9.57 Å². The lowest BCUT2D eigenvalue weighted by atomic mass is 10.2. The summed E-state index contributed by atoms with van der Waals surface area (Å²) in [6.07, 6.45) is 8.03. The predicted octanol–water partition coefficient (Wildman–Crippen LogP) is 3.06. The molecule has 1 aromatic heterocycles. The number of hydroxylamine groups is 1. The van der Waals surface area contributed by atoms with Crippen LogP contribution in [0.2, 0.25) is 0 Å². The first-order valence-corrected chi connectivity index (χ1v) is 12.3. The number of hydrogen-bond donors (Lipinski definition) is 2. The molecule has 1 aliphatic heterocycles. The Kier molecular flexibility index (Phi) is 8.63. The summed E-state index contributed by atoms with van der Waals surface area (Å²) >= 11 is 0. The van der Waals surface area contributed by atoms with Crippen LogP contribution in [0.5, 0.6) is 0 Å². The topological polar surface area (TPSA) is 98.7 Å². The highest BCUT2D eigenvalue weighted by molar-refractivity contribution is 7.90. The zero-order valence-electron chi connectivity index (χ0n) is 18.5. The van der Waals surface area contributed by atoms with E-state index < -0.39 is 22.2 Å². The first-order valence-electron chi connectivity index (χ1n) is 10.8. The third kappa shape index (κ3) is 7.03. The molecule has 1 saturated heterocycles. The van der Waals surface area contributed by atoms with E-state index in [2.05, 4.69) is 24.6 Å². The second kappa shape index (κ2) is 11.4. The van der Waals surface area contributed by atoms with Gasteiger partial charge in [0, 0.05) is 38.0 Å². The van der Waals surface area contributed by atoms with Crippen molar-refractivity contribution in [1.82, 2.24) is 14.8 Å². The highest BCUT2D eigenvalue weighted by Crippen LogP contribution is 2.17. The van der Waals surface area contributed by atoms with Crippen LogP contribution in [0.25, 0.3) is 6.08 Å². The van der Waals surface area contributed by atoms with E-state index in [1.165, 1.54) is 24.5 Å². The van der Waals surface area contributed by atoms with Gasteiger partial charge in [-0.3, -0.25) is 4.79 Å². The Morgan fingerprint density at radius 3 is 2.72 bits per heavy atom. The number of aromatic nitrogens is 1. The van der Waals surface area contributed by atoms with E-state index in [1.54, 1.807) is 18.2 Å². The Labute approximate surface area is 189 Å². The van der Waals surface area contributed by atoms with Gasteiger partial charge in [0.25, 0.3) is 15.9 Å². The first-order chi connectivity index (χ1) is 15.3. The molecule has 0 saturated carbocycles. The maximum Gasteiger partial charge on any atom is 0.267 e. The maximum absolute atomic E-state index is 12.9. The lowest BCUT2D eigenvalue weighted by molar-refractivity contribution is -0.198. The quantitative estimate of drug-likeness (QED) is 0.417. The van der Waals surface area contributed by atoms with Gasteiger partial charge < -0.3 is 10.1 Å². The van der Waals surface area contributed by atoms with Crippen LogP contribution in [-0.4, -0.2) is 37.7 Å². The number of carbonyl (C=O) groups excluding carboxylic acids is 1. The molecule has 0 bridgehead atoms. The molecular formula is C23H31N3O5S. The summed E-state index contributed by atoms with van der Waals surface area (Å²) in [6.45, 7) is 6.48. The number of carbonyl (C=O) groups is 1. The number of rotatable bonds is 10. The smallest absolute Gasteiger partial charge is 0.267 e. The molecule has 2 N–H and O–H groups in total. The Morgan fingerprint density at radius 2 is 2.03 bits per heavy atom. The lowest BCUT2D eigenvalue weighted by Crippen LogP contribution is -2.32. The molecule has 1 amide bonds. The van der Waals surface area contributed by atoms with Gasteiger partial charge in [-0.2, -0.15) is 0 Å². The number of nitrogens with zero attached hydrogens (tertiary/aromatic N) is 1. The molecule has 2 heterocycles. The van der Waals surface area contributed by atoms with Crippen molar-refractivity contribution in [2.24, 2.45) is 5.92 Å². The van der Waals surface area contributed by atoms with Crippen LogP contribution in [0, 0.1) is 5.92 Å². The molecule has 174 valence electrons. The summed E-state index contributed by atoms with van der Waals surface area (Å²) < 4.78 is 32.3. The molecule has 0 spiro atoms. The van der Waals surface area contributed by atoms with Crippen LogP contribution in [0.15, 0.2) is 53.7 Å². The van der Waals surface area contributed by atoms with Crippen LogP contribution in [0.4, 0.5) is 0 Å². The first kappa shape index (κ1) is 24.2. The fourth-order valence-corrected chi connectivity index (χ4v) is 4.39. The third-order valence-electron chi connectivity index (χ3n) is 4.93. The summed E-state index contributed by atoms with van der Waals surface area (Å²) in [7, 11) is -3.71. The molecule has 0 aliphatic carbocycles. The summed E-state index contributed by atoms with van der Waals surface area (Å²) in [4.78, 5) is 17.3. The van der Waals surface area contributed by atoms with Crippen molar-refractivity contribution >= 4 is 22.0 Å². The molecule has 3 rings (SSSR count). The highest BCUT2D eigenvalue weighted by atomic mass is 32.2. The molecule has 0 radical (unpaired) electrons. The average Bonchev–Trinajstić information content (AvgIpc) is 3.27. The van der Waals surface area contributed by atoms with E-state index in [9.17, 15) is 13.2 Å². The van der Waals surface area contributed by atoms with E-state index in [0.29, 0.717) is 24.6 Å². The van der Waals surface area contributed by atoms with Gasteiger partial charge in [-0.15, -0.1) is 0 Å². The monoisotopic (exact) mass is 461 g/mol. The molecule has 1 aromatic carbocycles. The molecule has 8 nitrogen and oxygen atoms in total. The van der Waals surface area contributed by atoms with Crippen LogP contribution < -0.4 is 10.8 Å². The van der Waals surface area contributed by atoms with Crippen molar-refractivity contribution in [3.63, 3.8) is 0 Å². The Morgan fingerprint density at radius 1 is 1.25 bits per heavy atom. The van der Waals surface area contributed by atoms with Gasteiger partial charge in [0.2, 0.25) is 0 Å². The normalized spacial score (nSPS) is 17.2. The zero-order chi connectivity index (χ0) is 23.0. The molecule has 1 aliphatic rings. The largest absolute Gasteiger partial charge is 0.350 e. The number of amides is 1. The lowest BCUT2D eigenvalue weighted by Gasteiger charge is -2.21. The number of ether oxygens (including phenoxy) is 1. The minimum atomic E-state index is -3.71. The molecule has 2 aromatic rings. The fourth-order valence-electron chi connectivity index (χ4n) is 3.18. The molecular weight excluding hydrogens is 430 g/mol. The summed E-state index contributed by atoms with van der Waals surface area (Å²) in [5, 5.41) is 3.33. The van der Waals surface area contributed by atoms with Gasteiger partial charge in [0.15, 0.2) is 6.29 Å². The van der Waals surface area contributed by atoms with Gasteiger partial charge in [0.05, 0.1) is 4.90 Å². The third-order valence-corrected chi connectivity index (χ3v) is 6.58. The van der Waals surface area contributed by atoms with E-state index >= 15 is 0 Å². The number of benzene rings is 1. The van der Waals surface area contributed by atoms with E-state index in [-0.39, 0.29) is 4.90 Å². The molecule has 32 heavy (non-hydrogen) atoms. The van der Waals surface area contributed by atoms with Gasteiger partial charge in [0.1, 0.15) is 0 Å². The van der Waals surface area contributed by atoms with E-state index in [1.807, 2.05) is 12.1 Å². The second-order valence-corrected chi connectivity index (χ2v) is 10.0. The van der Waals surface area contributed by atoms with Crippen molar-refractivity contribution in [2.75, 3.05) is 13.2 Å². The second-order valence-electron chi connectivity index (χ2n) is 8.16. The number of nitrogens with one attached hydrogen (secondary N) is 2. The van der Waals surface area contributed by atoms with Crippen molar-refractivity contribution in [3.05, 3.63) is 59.9 Å². The summed E-state index contributed by atoms with van der Waals surface area (Å²) in [5.41, 5.74) is 3.93. The van der Waals surface area contributed by atoms with E-state index in [0.717, 1.165) is 35.3 Å². The van der Waals surface area contributed by atoms with Crippen LogP contribution in [-0.2, 0) is 30.9 Å². The summed E-state index contributed by atoms with van der Waals surface area (Å²) in [5.74, 6) is 0.104. The van der Waals surface area contributed by atoms with Gasteiger partial charge in [-0.05, 0) is 60.7 Å². The minimum Gasteiger partial charge on any atom is -0.350 e. The molecule has 9 heteroatoms. The standard InChI is InChI=1S/C23H31N3O5S/c1-18(2)15-24-16-19-6-9-21(10-7-19)32(28,29)26-13-12-20(17-26)8-11-22(27)25-31-23-5-3-4-14-30-23/h6-13,17-18,23-24H,3-5,14-16H2,1-2H3,(H,25,27)/b11-8+. The minimum absolute atomic E-state index is 0.204. The molecule has 1 atom stereocenters. The van der Waals surface area contributed by atoms with Crippen LogP contribution in [0.3, 0.4) is 0 Å². The van der Waals surface area contributed by atoms with Crippen molar-refractivity contribution in [1.29, 1.82) is 0 Å². The maximum atomic E-state index is 12.9. The number of hydrogen-bond acceptors (Lipinski definition) is 6. The Hall–Kier alpha value is -2.46. The zero-order valence-corrected chi connectivity index (χ0v) is 19.3. The predicted molar refractivity (Wildman–Crippen MR) is 122 cm³/mol. The Bertz CT molecular complexity index is 1010. The van der Waals surface area contributed by atoms with Crippen LogP contribution in [0.1, 0.15) is 44.2 Å². The SMILES string of the molecule is CC(C)CNCc1ccc(S(=O)(=O)n2ccc(/C=C/C(=O)NOC3CCCCO3)c2)cc1. The van der Waals surface area contributed by atoms with Gasteiger partial charge in [-0.25, -0.2) is 22.7 Å². The van der Waals surface area contributed by atoms with Crippen molar-refractivity contribution in [3.8, 4) is 0 Å². The average molecular weight is 462 g/mol. The van der Waals surface area contributed by atoms with Gasteiger partial charge in [-0.1, -0.05) is 26.0 Å².